The third-order valence-corrected chi connectivity index (χ3v) is 5.21. The molecule has 1 amide bonds. The summed E-state index contributed by atoms with van der Waals surface area (Å²) >= 11 is 0. The number of amides is 1. The van der Waals surface area contributed by atoms with Crippen LogP contribution in [-0.4, -0.2) is 30.2 Å². The van der Waals surface area contributed by atoms with Crippen LogP contribution in [0.2, 0.25) is 0 Å². The number of anilines is 1. The molecule has 2 fully saturated rings. The lowest BCUT2D eigenvalue weighted by molar-refractivity contribution is -0.126. The van der Waals surface area contributed by atoms with Gasteiger partial charge in [-0.3, -0.25) is 4.79 Å². The molecule has 112 valence electrons. The van der Waals surface area contributed by atoms with E-state index in [1.807, 2.05) is 12.1 Å². The SMILES string of the molecule is CC1Nc2ccccc2CC1C(=O)NC1CC2CCC1O2. The zero-order valence-electron chi connectivity index (χ0n) is 12.3. The van der Waals surface area contributed by atoms with Gasteiger partial charge in [-0.2, -0.15) is 0 Å². The molecule has 3 heterocycles. The van der Waals surface area contributed by atoms with Crippen molar-refractivity contribution in [1.82, 2.24) is 5.32 Å². The van der Waals surface area contributed by atoms with Gasteiger partial charge in [-0.25, -0.2) is 0 Å². The van der Waals surface area contributed by atoms with E-state index in [1.54, 1.807) is 0 Å². The number of ether oxygens (including phenoxy) is 1. The van der Waals surface area contributed by atoms with Crippen LogP contribution >= 0.6 is 0 Å². The molecule has 1 aromatic carbocycles. The third kappa shape index (κ3) is 2.31. The van der Waals surface area contributed by atoms with Crippen molar-refractivity contribution >= 4 is 11.6 Å². The van der Waals surface area contributed by atoms with Crippen LogP contribution in [0, 0.1) is 5.92 Å². The lowest BCUT2D eigenvalue weighted by atomic mass is 9.86. The molecule has 0 saturated carbocycles. The Labute approximate surface area is 125 Å². The molecule has 4 rings (SSSR count). The molecular weight excluding hydrogens is 264 g/mol. The zero-order valence-corrected chi connectivity index (χ0v) is 12.3. The molecule has 4 nitrogen and oxygen atoms in total. The second kappa shape index (κ2) is 5.02. The molecule has 4 heteroatoms. The number of rotatable bonds is 2. The first-order chi connectivity index (χ1) is 10.2. The maximum absolute atomic E-state index is 12.6. The fourth-order valence-electron chi connectivity index (χ4n) is 4.00. The van der Waals surface area contributed by atoms with Gasteiger partial charge in [0.25, 0.3) is 0 Å². The molecule has 0 spiro atoms. The van der Waals surface area contributed by atoms with Crippen LogP contribution < -0.4 is 10.6 Å². The van der Waals surface area contributed by atoms with Gasteiger partial charge in [-0.05, 0) is 44.2 Å². The van der Waals surface area contributed by atoms with Gasteiger partial charge >= 0.3 is 0 Å². The molecule has 0 aliphatic carbocycles. The summed E-state index contributed by atoms with van der Waals surface area (Å²) in [7, 11) is 0. The Morgan fingerprint density at radius 1 is 1.33 bits per heavy atom. The topological polar surface area (TPSA) is 50.4 Å². The van der Waals surface area contributed by atoms with E-state index in [0.29, 0.717) is 6.10 Å². The van der Waals surface area contributed by atoms with Crippen molar-refractivity contribution in [3.05, 3.63) is 29.8 Å². The highest BCUT2D eigenvalue weighted by Crippen LogP contribution is 2.35. The minimum atomic E-state index is -0.000901. The second-order valence-corrected chi connectivity index (χ2v) is 6.63. The molecule has 0 radical (unpaired) electrons. The Kier molecular flexibility index (Phi) is 3.14. The first kappa shape index (κ1) is 13.1. The van der Waals surface area contributed by atoms with Crippen LogP contribution in [0.4, 0.5) is 5.69 Å². The number of benzene rings is 1. The van der Waals surface area contributed by atoms with Crippen molar-refractivity contribution < 1.29 is 9.53 Å². The first-order valence-electron chi connectivity index (χ1n) is 8.01. The van der Waals surface area contributed by atoms with Crippen LogP contribution in [0.1, 0.15) is 31.7 Å². The normalized spacial score (nSPS) is 36.9. The smallest absolute Gasteiger partial charge is 0.225 e. The van der Waals surface area contributed by atoms with Crippen LogP contribution in [0.15, 0.2) is 24.3 Å². The molecule has 0 aromatic heterocycles. The van der Waals surface area contributed by atoms with Crippen molar-refractivity contribution in [1.29, 1.82) is 0 Å². The van der Waals surface area contributed by atoms with Gasteiger partial charge in [0.05, 0.1) is 24.2 Å². The fraction of sp³-hybridized carbons (Fsp3) is 0.588. The van der Waals surface area contributed by atoms with E-state index < -0.39 is 0 Å². The van der Waals surface area contributed by atoms with E-state index >= 15 is 0 Å². The van der Waals surface area contributed by atoms with E-state index in [2.05, 4.69) is 29.7 Å². The van der Waals surface area contributed by atoms with E-state index in [-0.39, 0.29) is 30.0 Å². The Hall–Kier alpha value is -1.55. The standard InChI is InChI=1S/C17H22N2O2/c1-10-13(8-11-4-2-3-5-14(11)18-10)17(20)19-15-9-12-6-7-16(15)21-12/h2-5,10,12-13,15-16,18H,6-9H2,1H3,(H,19,20). The molecule has 2 saturated heterocycles. The molecular formula is C17H22N2O2. The molecule has 3 aliphatic rings. The number of nitrogens with one attached hydrogen (secondary N) is 2. The number of carbonyl (C=O) groups excluding carboxylic acids is 1. The molecule has 5 unspecified atom stereocenters. The van der Waals surface area contributed by atoms with Gasteiger partial charge < -0.3 is 15.4 Å². The predicted molar refractivity (Wildman–Crippen MR) is 81.2 cm³/mol. The Balaban J connectivity index is 1.45. The highest BCUT2D eigenvalue weighted by Gasteiger charge is 2.42. The van der Waals surface area contributed by atoms with Crippen molar-refractivity contribution in [2.24, 2.45) is 5.92 Å². The summed E-state index contributed by atoms with van der Waals surface area (Å²) in [4.78, 5) is 12.6. The van der Waals surface area contributed by atoms with E-state index in [9.17, 15) is 4.79 Å². The number of hydrogen-bond acceptors (Lipinski definition) is 3. The van der Waals surface area contributed by atoms with E-state index in [1.165, 1.54) is 5.56 Å². The van der Waals surface area contributed by atoms with Gasteiger partial charge in [0, 0.05) is 11.7 Å². The summed E-state index contributed by atoms with van der Waals surface area (Å²) in [6, 6.07) is 8.65. The summed E-state index contributed by atoms with van der Waals surface area (Å²) in [6.07, 6.45) is 4.68. The second-order valence-electron chi connectivity index (χ2n) is 6.63. The minimum absolute atomic E-state index is 0.000901. The van der Waals surface area contributed by atoms with Gasteiger partial charge in [0.1, 0.15) is 0 Å². The summed E-state index contributed by atoms with van der Waals surface area (Å²) in [5, 5.41) is 6.69. The van der Waals surface area contributed by atoms with Crippen LogP contribution in [0.25, 0.3) is 0 Å². The quantitative estimate of drug-likeness (QED) is 0.875. The average molecular weight is 286 g/mol. The lowest BCUT2D eigenvalue weighted by Crippen LogP contribution is -2.49. The Morgan fingerprint density at radius 2 is 2.19 bits per heavy atom. The number of carbonyl (C=O) groups is 1. The van der Waals surface area contributed by atoms with Gasteiger partial charge in [0.2, 0.25) is 5.91 Å². The maximum atomic E-state index is 12.6. The average Bonchev–Trinajstić information content (AvgIpc) is 3.09. The molecule has 1 aromatic rings. The van der Waals surface area contributed by atoms with Gasteiger partial charge in [-0.1, -0.05) is 18.2 Å². The van der Waals surface area contributed by atoms with Gasteiger partial charge in [0.15, 0.2) is 0 Å². The monoisotopic (exact) mass is 286 g/mol. The first-order valence-corrected chi connectivity index (χ1v) is 8.01. The molecule has 2 N–H and O–H groups in total. The van der Waals surface area contributed by atoms with Crippen molar-refractivity contribution in [3.8, 4) is 0 Å². The van der Waals surface area contributed by atoms with Crippen molar-refractivity contribution in [2.45, 2.75) is 56.9 Å². The maximum Gasteiger partial charge on any atom is 0.225 e. The lowest BCUT2D eigenvalue weighted by Gasteiger charge is -2.33. The fourth-order valence-corrected chi connectivity index (χ4v) is 4.00. The number of hydrogen-bond donors (Lipinski definition) is 2. The molecule has 21 heavy (non-hydrogen) atoms. The minimum Gasteiger partial charge on any atom is -0.382 e. The van der Waals surface area contributed by atoms with Crippen LogP contribution in [0.3, 0.4) is 0 Å². The van der Waals surface area contributed by atoms with E-state index in [0.717, 1.165) is 31.4 Å². The molecule has 2 bridgehead atoms. The Morgan fingerprint density at radius 3 is 2.95 bits per heavy atom. The van der Waals surface area contributed by atoms with Crippen LogP contribution in [-0.2, 0) is 16.0 Å². The van der Waals surface area contributed by atoms with E-state index in [4.69, 9.17) is 4.74 Å². The predicted octanol–water partition coefficient (Wildman–Crippen LogP) is 2.10. The summed E-state index contributed by atoms with van der Waals surface area (Å²) in [5.41, 5.74) is 2.40. The number of para-hydroxylation sites is 1. The number of fused-ring (bicyclic) bond motifs is 3. The highest BCUT2D eigenvalue weighted by molar-refractivity contribution is 5.82. The van der Waals surface area contributed by atoms with Crippen molar-refractivity contribution in [2.75, 3.05) is 5.32 Å². The van der Waals surface area contributed by atoms with Crippen molar-refractivity contribution in [3.63, 3.8) is 0 Å². The molecule has 5 atom stereocenters. The summed E-state index contributed by atoms with van der Waals surface area (Å²) in [6.45, 7) is 2.09. The third-order valence-electron chi connectivity index (χ3n) is 5.21. The zero-order chi connectivity index (χ0) is 14.4. The summed E-state index contributed by atoms with van der Waals surface area (Å²) in [5.74, 6) is 0.171. The Bertz CT molecular complexity index is 559. The largest absolute Gasteiger partial charge is 0.382 e. The highest BCUT2D eigenvalue weighted by atomic mass is 16.5. The summed E-state index contributed by atoms with van der Waals surface area (Å²) < 4.78 is 5.83. The van der Waals surface area contributed by atoms with Gasteiger partial charge in [-0.15, -0.1) is 0 Å². The van der Waals surface area contributed by atoms with Crippen LogP contribution in [0.5, 0.6) is 0 Å². The molecule has 3 aliphatic heterocycles.